The number of alkyl halides is 3. The van der Waals surface area contributed by atoms with Crippen molar-refractivity contribution in [2.75, 3.05) is 0 Å². The number of nitrogens with zero attached hydrogens (tertiary/aromatic N) is 4. The van der Waals surface area contributed by atoms with Gasteiger partial charge >= 0.3 is 6.18 Å². The summed E-state index contributed by atoms with van der Waals surface area (Å²) in [6.07, 6.45) is -4.85. The Morgan fingerprint density at radius 2 is 1.97 bits per heavy atom. The Hall–Kier alpha value is -3.73. The van der Waals surface area contributed by atoms with E-state index in [-0.39, 0.29) is 23.7 Å². The van der Waals surface area contributed by atoms with Gasteiger partial charge in [0.15, 0.2) is 0 Å². The zero-order valence-corrected chi connectivity index (χ0v) is 19.9. The lowest BCUT2D eigenvalue weighted by Gasteiger charge is -2.16. The predicted molar refractivity (Wildman–Crippen MR) is 124 cm³/mol. The first-order valence-corrected chi connectivity index (χ1v) is 11.1. The van der Waals surface area contributed by atoms with Gasteiger partial charge in [0.1, 0.15) is 42.3 Å². The lowest BCUT2D eigenvalue weighted by atomic mass is 10.1. The zero-order valence-electron chi connectivity index (χ0n) is 19.2. The summed E-state index contributed by atoms with van der Waals surface area (Å²) in [6, 6.07) is 9.36. The Morgan fingerprint density at radius 1 is 1.19 bits per heavy atom. The van der Waals surface area contributed by atoms with Crippen molar-refractivity contribution in [2.45, 2.75) is 39.6 Å². The Bertz CT molecular complexity index is 1440. The van der Waals surface area contributed by atoms with Crippen LogP contribution in [-0.4, -0.2) is 31.8 Å². The first-order chi connectivity index (χ1) is 17.0. The number of para-hydroxylation sites is 1. The van der Waals surface area contributed by atoms with Crippen LogP contribution >= 0.6 is 11.6 Å². The molecule has 0 aliphatic carbocycles. The van der Waals surface area contributed by atoms with Crippen LogP contribution in [0.1, 0.15) is 29.1 Å². The molecule has 36 heavy (non-hydrogen) atoms. The van der Waals surface area contributed by atoms with Crippen LogP contribution in [0, 0.1) is 19.7 Å². The van der Waals surface area contributed by atoms with E-state index >= 15 is 0 Å². The molecule has 0 saturated heterocycles. The van der Waals surface area contributed by atoms with Gasteiger partial charge in [0.25, 0.3) is 0 Å². The molecule has 188 valence electrons. The fraction of sp³-hybridized carbons (Fsp3) is 0.250. The second-order valence-electron chi connectivity index (χ2n) is 8.04. The van der Waals surface area contributed by atoms with E-state index in [9.17, 15) is 22.4 Å². The van der Waals surface area contributed by atoms with Crippen LogP contribution in [0.4, 0.5) is 17.6 Å². The van der Waals surface area contributed by atoms with Crippen molar-refractivity contribution in [3.63, 3.8) is 0 Å². The SMILES string of the molecule is Cc1cc(-n2ncnc2C)c2cccc(OCc3c(Cl)cc(F)cc3CNC(=O)CC(F)(F)F)c2n1. The maximum absolute atomic E-state index is 14.0. The number of amides is 1. The standard InChI is InChI=1S/C24H20ClF4N5O2/c1-13-6-20(34-14(2)31-12-32-34)17-4-3-5-21(23(17)33-13)36-11-18-15(7-16(26)8-19(18)25)10-30-22(35)9-24(27,28)29/h3-8,12H,9-11H2,1-2H3,(H,30,35). The largest absolute Gasteiger partial charge is 0.487 e. The van der Waals surface area contributed by atoms with E-state index in [4.69, 9.17) is 16.3 Å². The van der Waals surface area contributed by atoms with Crippen LogP contribution < -0.4 is 10.1 Å². The summed E-state index contributed by atoms with van der Waals surface area (Å²) in [4.78, 5) is 20.4. The van der Waals surface area contributed by atoms with Crippen LogP contribution in [0.15, 0.2) is 42.7 Å². The Kier molecular flexibility index (Phi) is 7.11. The van der Waals surface area contributed by atoms with Crippen LogP contribution in [0.5, 0.6) is 5.75 Å². The van der Waals surface area contributed by atoms with Crippen LogP contribution in [0.3, 0.4) is 0 Å². The average molecular weight is 522 g/mol. The number of aromatic nitrogens is 4. The van der Waals surface area contributed by atoms with E-state index in [1.165, 1.54) is 6.33 Å². The second-order valence-corrected chi connectivity index (χ2v) is 8.44. The number of carbonyl (C=O) groups is 1. The topological polar surface area (TPSA) is 81.9 Å². The molecule has 1 N–H and O–H groups in total. The van der Waals surface area contributed by atoms with Gasteiger partial charge in [-0.2, -0.15) is 18.3 Å². The fourth-order valence-corrected chi connectivity index (χ4v) is 4.00. The Labute approximate surface area is 208 Å². The van der Waals surface area contributed by atoms with Crippen molar-refractivity contribution in [3.8, 4) is 11.4 Å². The first kappa shape index (κ1) is 25.4. The molecule has 12 heteroatoms. The summed E-state index contributed by atoms with van der Waals surface area (Å²) < 4.78 is 59.1. The molecule has 2 aromatic heterocycles. The zero-order chi connectivity index (χ0) is 26.0. The molecule has 0 bridgehead atoms. The minimum Gasteiger partial charge on any atom is -0.487 e. The Balaban J connectivity index is 1.63. The molecule has 2 aromatic carbocycles. The normalized spacial score (nSPS) is 11.6. The highest BCUT2D eigenvalue weighted by Crippen LogP contribution is 2.31. The molecule has 0 atom stereocenters. The minimum absolute atomic E-state index is 0.0124. The molecule has 0 unspecified atom stereocenters. The van der Waals surface area contributed by atoms with Gasteiger partial charge in [0.2, 0.25) is 5.91 Å². The number of benzene rings is 2. The van der Waals surface area contributed by atoms with Gasteiger partial charge in [-0.1, -0.05) is 23.7 Å². The van der Waals surface area contributed by atoms with Gasteiger partial charge in [-0.3, -0.25) is 4.79 Å². The van der Waals surface area contributed by atoms with Gasteiger partial charge < -0.3 is 10.1 Å². The molecule has 0 saturated carbocycles. The summed E-state index contributed by atoms with van der Waals surface area (Å²) in [5, 5.41) is 7.17. The molecule has 0 aliphatic rings. The van der Waals surface area contributed by atoms with E-state index in [1.54, 1.807) is 16.8 Å². The molecule has 7 nitrogen and oxygen atoms in total. The van der Waals surface area contributed by atoms with E-state index in [2.05, 4.69) is 20.4 Å². The smallest absolute Gasteiger partial charge is 0.397 e. The molecule has 2 heterocycles. The summed E-state index contributed by atoms with van der Waals surface area (Å²) in [5.74, 6) is -0.843. The monoisotopic (exact) mass is 521 g/mol. The third kappa shape index (κ3) is 5.73. The number of pyridine rings is 1. The molecule has 1 amide bonds. The number of aryl methyl sites for hydroxylation is 2. The number of fused-ring (bicyclic) bond motifs is 1. The molecule has 4 rings (SSSR count). The highest BCUT2D eigenvalue weighted by atomic mass is 35.5. The van der Waals surface area contributed by atoms with Gasteiger partial charge in [-0.05, 0) is 43.7 Å². The molecule has 0 radical (unpaired) electrons. The third-order valence-electron chi connectivity index (χ3n) is 5.32. The number of ether oxygens (including phenoxy) is 1. The quantitative estimate of drug-likeness (QED) is 0.331. The van der Waals surface area contributed by atoms with Crippen molar-refractivity contribution in [2.24, 2.45) is 0 Å². The number of rotatable bonds is 7. The molecule has 0 fully saturated rings. The van der Waals surface area contributed by atoms with Crippen molar-refractivity contribution >= 4 is 28.4 Å². The van der Waals surface area contributed by atoms with Crippen molar-refractivity contribution < 1.29 is 27.1 Å². The number of carbonyl (C=O) groups excluding carboxylic acids is 1. The van der Waals surface area contributed by atoms with Crippen molar-refractivity contribution in [1.82, 2.24) is 25.1 Å². The third-order valence-corrected chi connectivity index (χ3v) is 5.65. The summed E-state index contributed by atoms with van der Waals surface area (Å²) in [6.45, 7) is 3.15. The van der Waals surface area contributed by atoms with Crippen molar-refractivity contribution in [1.29, 1.82) is 0 Å². The summed E-state index contributed by atoms with van der Waals surface area (Å²) >= 11 is 6.23. The van der Waals surface area contributed by atoms with E-state index in [1.807, 2.05) is 26.0 Å². The molecular weight excluding hydrogens is 502 g/mol. The first-order valence-electron chi connectivity index (χ1n) is 10.7. The minimum atomic E-state index is -4.65. The molecule has 0 spiro atoms. The van der Waals surface area contributed by atoms with Crippen LogP contribution in [0.2, 0.25) is 5.02 Å². The lowest BCUT2D eigenvalue weighted by molar-refractivity contribution is -0.153. The maximum atomic E-state index is 14.0. The van der Waals surface area contributed by atoms with E-state index < -0.39 is 24.3 Å². The van der Waals surface area contributed by atoms with E-state index in [0.29, 0.717) is 28.3 Å². The van der Waals surface area contributed by atoms with Crippen LogP contribution in [-0.2, 0) is 17.9 Å². The van der Waals surface area contributed by atoms with Gasteiger partial charge in [0, 0.05) is 23.2 Å². The van der Waals surface area contributed by atoms with Crippen LogP contribution in [0.25, 0.3) is 16.6 Å². The number of nitrogens with one attached hydrogen (secondary N) is 1. The average Bonchev–Trinajstić information content (AvgIpc) is 3.21. The molecule has 4 aromatic rings. The van der Waals surface area contributed by atoms with Gasteiger partial charge in [-0.15, -0.1) is 0 Å². The second kappa shape index (κ2) is 10.1. The lowest BCUT2D eigenvalue weighted by Crippen LogP contribution is -2.28. The number of hydrogen-bond donors (Lipinski definition) is 1. The van der Waals surface area contributed by atoms with Gasteiger partial charge in [0.05, 0.1) is 10.7 Å². The summed E-state index contributed by atoms with van der Waals surface area (Å²) in [7, 11) is 0. The molecular formula is C24H20ClF4N5O2. The summed E-state index contributed by atoms with van der Waals surface area (Å²) in [5.41, 5.74) is 2.52. The van der Waals surface area contributed by atoms with E-state index in [0.717, 1.165) is 23.2 Å². The fourth-order valence-electron chi connectivity index (χ4n) is 3.72. The number of hydrogen-bond acceptors (Lipinski definition) is 5. The highest BCUT2D eigenvalue weighted by Gasteiger charge is 2.31. The van der Waals surface area contributed by atoms with Gasteiger partial charge in [-0.25, -0.2) is 19.0 Å². The number of halogens is 5. The predicted octanol–water partition coefficient (Wildman–Crippen LogP) is 5.37. The maximum Gasteiger partial charge on any atom is 0.397 e. The molecule has 0 aliphatic heterocycles. The van der Waals surface area contributed by atoms with Crippen molar-refractivity contribution in [3.05, 3.63) is 76.2 Å². The highest BCUT2D eigenvalue weighted by molar-refractivity contribution is 6.31. The Morgan fingerprint density at radius 3 is 2.67 bits per heavy atom.